The summed E-state index contributed by atoms with van der Waals surface area (Å²) < 4.78 is 0. The van der Waals surface area contributed by atoms with Crippen LogP contribution in [0.3, 0.4) is 0 Å². The first-order chi connectivity index (χ1) is 10.4. The summed E-state index contributed by atoms with van der Waals surface area (Å²) in [7, 11) is 1.79. The number of amides is 1. The Morgan fingerprint density at radius 2 is 1.77 bits per heavy atom. The van der Waals surface area contributed by atoms with Gasteiger partial charge >= 0.3 is 0 Å². The van der Waals surface area contributed by atoms with E-state index in [0.717, 1.165) is 11.3 Å². The molecule has 2 aromatic rings. The molecule has 2 atom stereocenters. The highest BCUT2D eigenvalue weighted by atomic mass is 35.5. The van der Waals surface area contributed by atoms with Crippen molar-refractivity contribution in [2.45, 2.75) is 32.7 Å². The normalized spacial score (nSPS) is 13.5. The van der Waals surface area contributed by atoms with Gasteiger partial charge in [-0.25, -0.2) is 4.98 Å². The van der Waals surface area contributed by atoms with E-state index in [1.807, 2.05) is 38.1 Å². The monoisotopic (exact) mass is 317 g/mol. The second-order valence-corrected chi connectivity index (χ2v) is 5.98. The molecule has 0 radical (unpaired) electrons. The van der Waals surface area contributed by atoms with Gasteiger partial charge in [-0.3, -0.25) is 9.78 Å². The van der Waals surface area contributed by atoms with Gasteiger partial charge in [-0.1, -0.05) is 30.7 Å². The fourth-order valence-electron chi connectivity index (χ4n) is 2.25. The zero-order chi connectivity index (χ0) is 16.3. The number of nitrogens with zero attached hydrogens (tertiary/aromatic N) is 3. The van der Waals surface area contributed by atoms with Crippen molar-refractivity contribution < 1.29 is 4.79 Å². The first-order valence-corrected chi connectivity index (χ1v) is 7.59. The van der Waals surface area contributed by atoms with Crippen LogP contribution in [0.1, 0.15) is 41.5 Å². The largest absolute Gasteiger partial charge is 0.337 e. The highest BCUT2D eigenvalue weighted by Crippen LogP contribution is 2.24. The number of carbonyl (C=O) groups excluding carboxylic acids is 1. The van der Waals surface area contributed by atoms with Crippen molar-refractivity contribution in [1.82, 2.24) is 14.9 Å². The lowest BCUT2D eigenvalue weighted by Crippen LogP contribution is -2.38. The van der Waals surface area contributed by atoms with Gasteiger partial charge in [-0.2, -0.15) is 0 Å². The van der Waals surface area contributed by atoms with Crippen LogP contribution in [0.25, 0.3) is 0 Å². The highest BCUT2D eigenvalue weighted by molar-refractivity contribution is 6.30. The molecule has 0 unspecified atom stereocenters. The molecule has 4 nitrogen and oxygen atoms in total. The van der Waals surface area contributed by atoms with E-state index >= 15 is 0 Å². The molecule has 5 heteroatoms. The van der Waals surface area contributed by atoms with Gasteiger partial charge in [-0.05, 0) is 31.5 Å². The van der Waals surface area contributed by atoms with Crippen LogP contribution in [0, 0.1) is 6.92 Å². The Hall–Kier alpha value is -1.94. The Kier molecular flexibility index (Phi) is 5.14. The molecule has 0 aliphatic carbocycles. The maximum atomic E-state index is 12.5. The summed E-state index contributed by atoms with van der Waals surface area (Å²) in [5.74, 6) is 0.0606. The van der Waals surface area contributed by atoms with Crippen LogP contribution < -0.4 is 0 Å². The smallest absolute Gasteiger partial charge is 0.274 e. The van der Waals surface area contributed by atoms with Crippen molar-refractivity contribution in [3.8, 4) is 0 Å². The molecule has 0 fully saturated rings. The first kappa shape index (κ1) is 16.4. The number of halogens is 1. The molecule has 22 heavy (non-hydrogen) atoms. The van der Waals surface area contributed by atoms with Crippen molar-refractivity contribution in [3.63, 3.8) is 0 Å². The summed E-state index contributed by atoms with van der Waals surface area (Å²) in [6.07, 6.45) is 3.13. The lowest BCUT2D eigenvalue weighted by Gasteiger charge is -2.30. The van der Waals surface area contributed by atoms with Crippen LogP contribution in [0.15, 0.2) is 36.7 Å². The third kappa shape index (κ3) is 3.63. The van der Waals surface area contributed by atoms with Crippen LogP contribution in [-0.4, -0.2) is 33.9 Å². The van der Waals surface area contributed by atoms with Crippen molar-refractivity contribution in [2.24, 2.45) is 0 Å². The van der Waals surface area contributed by atoms with Crippen LogP contribution in [0.2, 0.25) is 5.02 Å². The average molecular weight is 318 g/mol. The highest BCUT2D eigenvalue weighted by Gasteiger charge is 2.24. The molecule has 0 bridgehead atoms. The minimum absolute atomic E-state index is 0.0248. The molecule has 0 saturated heterocycles. The third-order valence-corrected chi connectivity index (χ3v) is 4.30. The molecule has 0 spiro atoms. The minimum Gasteiger partial charge on any atom is -0.337 e. The first-order valence-electron chi connectivity index (χ1n) is 7.21. The molecule has 0 aliphatic heterocycles. The van der Waals surface area contributed by atoms with Crippen LogP contribution >= 0.6 is 11.6 Å². The number of aryl methyl sites for hydroxylation is 1. The van der Waals surface area contributed by atoms with Gasteiger partial charge in [0.1, 0.15) is 5.69 Å². The topological polar surface area (TPSA) is 46.1 Å². The van der Waals surface area contributed by atoms with E-state index in [0.29, 0.717) is 10.7 Å². The molecule has 0 aliphatic rings. The summed E-state index contributed by atoms with van der Waals surface area (Å²) >= 11 is 5.92. The standard InChI is InChI=1S/C17H20ClN3O/c1-11-9-20-16(10-19-11)17(22)21(4)13(3)12(2)14-5-7-15(18)8-6-14/h5-10,12-13H,1-4H3/t12-,13+/m1/s1. The molecule has 1 aromatic heterocycles. The second-order valence-electron chi connectivity index (χ2n) is 5.54. The zero-order valence-corrected chi connectivity index (χ0v) is 14.0. The SMILES string of the molecule is Cc1cnc(C(=O)N(C)[C@@H](C)[C@@H](C)c2ccc(Cl)cc2)cn1. The van der Waals surface area contributed by atoms with Gasteiger partial charge in [-0.15, -0.1) is 0 Å². The number of rotatable bonds is 4. The summed E-state index contributed by atoms with van der Waals surface area (Å²) in [5.41, 5.74) is 2.30. The number of carbonyl (C=O) groups is 1. The van der Waals surface area contributed by atoms with Gasteiger partial charge in [0, 0.05) is 30.2 Å². The van der Waals surface area contributed by atoms with Gasteiger partial charge in [0.25, 0.3) is 5.91 Å². The lowest BCUT2D eigenvalue weighted by molar-refractivity contribution is 0.0720. The molecule has 116 valence electrons. The van der Waals surface area contributed by atoms with E-state index < -0.39 is 0 Å². The van der Waals surface area contributed by atoms with Gasteiger partial charge in [0.15, 0.2) is 0 Å². The fraction of sp³-hybridized carbons (Fsp3) is 0.353. The average Bonchev–Trinajstić information content (AvgIpc) is 2.53. The van der Waals surface area contributed by atoms with Crippen molar-refractivity contribution in [2.75, 3.05) is 7.05 Å². The maximum Gasteiger partial charge on any atom is 0.274 e. The van der Waals surface area contributed by atoms with E-state index in [4.69, 9.17) is 11.6 Å². The van der Waals surface area contributed by atoms with E-state index in [1.54, 1.807) is 18.1 Å². The third-order valence-electron chi connectivity index (χ3n) is 4.05. The fourth-order valence-corrected chi connectivity index (χ4v) is 2.37. The Bertz CT molecular complexity index is 640. The number of benzene rings is 1. The second kappa shape index (κ2) is 6.88. The number of likely N-dealkylation sites (N-methyl/N-ethyl adjacent to an activating group) is 1. The molecule has 1 heterocycles. The lowest BCUT2D eigenvalue weighted by atomic mass is 9.93. The summed E-state index contributed by atoms with van der Waals surface area (Å²) in [6.45, 7) is 5.97. The maximum absolute atomic E-state index is 12.5. The minimum atomic E-state index is -0.124. The van der Waals surface area contributed by atoms with Gasteiger partial charge < -0.3 is 4.90 Å². The molecule has 0 N–H and O–H groups in total. The molecular weight excluding hydrogens is 298 g/mol. The molecular formula is C17H20ClN3O. The van der Waals surface area contributed by atoms with E-state index in [9.17, 15) is 4.79 Å². The Balaban J connectivity index is 2.13. The van der Waals surface area contributed by atoms with Crippen LogP contribution in [-0.2, 0) is 0 Å². The Labute approximate surface area is 136 Å². The van der Waals surface area contributed by atoms with Crippen LogP contribution in [0.4, 0.5) is 0 Å². The van der Waals surface area contributed by atoms with Crippen molar-refractivity contribution >= 4 is 17.5 Å². The Morgan fingerprint density at radius 1 is 1.14 bits per heavy atom. The quantitative estimate of drug-likeness (QED) is 0.863. The van der Waals surface area contributed by atoms with Gasteiger partial charge in [0.2, 0.25) is 0 Å². The molecule has 1 amide bonds. The summed E-state index contributed by atoms with van der Waals surface area (Å²) in [5, 5.41) is 0.711. The van der Waals surface area contributed by atoms with Crippen molar-refractivity contribution in [3.05, 3.63) is 58.6 Å². The number of aromatic nitrogens is 2. The van der Waals surface area contributed by atoms with E-state index in [-0.39, 0.29) is 17.9 Å². The molecule has 2 rings (SSSR count). The van der Waals surface area contributed by atoms with E-state index in [2.05, 4.69) is 16.9 Å². The van der Waals surface area contributed by atoms with Gasteiger partial charge in [0.05, 0.1) is 11.9 Å². The number of hydrogen-bond acceptors (Lipinski definition) is 3. The Morgan fingerprint density at radius 3 is 2.32 bits per heavy atom. The molecule has 0 saturated carbocycles. The number of hydrogen-bond donors (Lipinski definition) is 0. The van der Waals surface area contributed by atoms with Crippen LogP contribution in [0.5, 0.6) is 0 Å². The van der Waals surface area contributed by atoms with Crippen molar-refractivity contribution in [1.29, 1.82) is 0 Å². The zero-order valence-electron chi connectivity index (χ0n) is 13.2. The predicted octanol–water partition coefficient (Wildman–Crippen LogP) is 3.70. The van der Waals surface area contributed by atoms with E-state index in [1.165, 1.54) is 6.20 Å². The summed E-state index contributed by atoms with van der Waals surface area (Å²) in [6, 6.07) is 7.75. The molecule has 1 aromatic carbocycles. The predicted molar refractivity (Wildman–Crippen MR) is 88.2 cm³/mol. The summed E-state index contributed by atoms with van der Waals surface area (Å²) in [4.78, 5) is 22.5.